The molecular formula is C43H74O5Si2. The third-order valence-electron chi connectivity index (χ3n) is 13.8. The van der Waals surface area contributed by atoms with Gasteiger partial charge in [0.1, 0.15) is 12.2 Å². The molecule has 3 saturated carbocycles. The van der Waals surface area contributed by atoms with Gasteiger partial charge in [-0.2, -0.15) is 0 Å². The Kier molecular flexibility index (Phi) is 13.0. The monoisotopic (exact) mass is 727 g/mol. The van der Waals surface area contributed by atoms with Crippen LogP contribution in [0.15, 0.2) is 47.1 Å². The molecule has 284 valence electrons. The summed E-state index contributed by atoms with van der Waals surface area (Å²) in [5, 5.41) is 0.275. The molecule has 4 aliphatic carbocycles. The van der Waals surface area contributed by atoms with Crippen LogP contribution in [0.25, 0.3) is 0 Å². The highest BCUT2D eigenvalue weighted by Crippen LogP contribution is 2.56. The van der Waals surface area contributed by atoms with Gasteiger partial charge in [-0.15, -0.1) is 0 Å². The van der Waals surface area contributed by atoms with Crippen LogP contribution in [0.2, 0.25) is 36.3 Å². The van der Waals surface area contributed by atoms with Crippen molar-refractivity contribution in [1.82, 2.24) is 0 Å². The Morgan fingerprint density at radius 2 is 1.52 bits per heavy atom. The fraction of sp³-hybridized carbons (Fsp3) is 0.791. The number of carbonyl (C=O) groups is 1. The van der Waals surface area contributed by atoms with Crippen LogP contribution >= 0.6 is 0 Å². The Balaban J connectivity index is 1.49. The van der Waals surface area contributed by atoms with Gasteiger partial charge < -0.3 is 18.3 Å². The predicted octanol–water partition coefficient (Wildman–Crippen LogP) is 12.2. The van der Waals surface area contributed by atoms with E-state index in [-0.39, 0.29) is 52.0 Å². The average Bonchev–Trinajstić information content (AvgIpc) is 3.20. The van der Waals surface area contributed by atoms with Gasteiger partial charge in [0.05, 0.1) is 18.3 Å². The van der Waals surface area contributed by atoms with Crippen molar-refractivity contribution in [2.24, 2.45) is 11.3 Å². The number of hydrogen-bond donors (Lipinski definition) is 0. The first-order chi connectivity index (χ1) is 23.0. The Morgan fingerprint density at radius 1 is 0.920 bits per heavy atom. The van der Waals surface area contributed by atoms with Gasteiger partial charge in [-0.25, -0.2) is 4.79 Å². The fourth-order valence-electron chi connectivity index (χ4n) is 8.41. The van der Waals surface area contributed by atoms with E-state index in [4.69, 9.17) is 18.3 Å². The van der Waals surface area contributed by atoms with Crippen LogP contribution in [0.3, 0.4) is 0 Å². The highest BCUT2D eigenvalue weighted by molar-refractivity contribution is 6.74. The van der Waals surface area contributed by atoms with Crippen molar-refractivity contribution in [2.75, 3.05) is 6.61 Å². The molecule has 0 aromatic rings. The van der Waals surface area contributed by atoms with Crippen molar-refractivity contribution in [3.05, 3.63) is 47.1 Å². The highest BCUT2D eigenvalue weighted by atomic mass is 28.4. The maximum Gasteiger partial charge on any atom is 0.332 e. The summed E-state index contributed by atoms with van der Waals surface area (Å²) < 4.78 is 26.4. The third-order valence-corrected chi connectivity index (χ3v) is 22.8. The molecule has 5 nitrogen and oxygen atoms in total. The molecule has 0 aromatic carbocycles. The zero-order valence-electron chi connectivity index (χ0n) is 34.5. The van der Waals surface area contributed by atoms with Gasteiger partial charge in [0.25, 0.3) is 0 Å². The molecule has 0 N–H and O–H groups in total. The number of allylic oxidation sites excluding steroid dienone is 4. The lowest BCUT2D eigenvalue weighted by atomic mass is 9.63. The molecule has 0 aliphatic heterocycles. The molecule has 5 atom stereocenters. The largest absolute Gasteiger partial charge is 0.458 e. The summed E-state index contributed by atoms with van der Waals surface area (Å²) in [6.45, 7) is 34.7. The number of ether oxygens (including phenoxy) is 2. The number of fused-ring (bicyclic) bond motifs is 1. The second-order valence-corrected chi connectivity index (χ2v) is 29.3. The normalized spacial score (nSPS) is 30.5. The SMILES string of the molecule is C=C1/C(=C\C=C2/CCC[C@]3(C)C(C(C)OCC(=O)OC4(C)CCCCCC4)=CC[C@@H]23)C[C@@H](O[Si](C)(C)C(C)(C)C)C[C@@H]1O[Si](C)(C)C(C)(C)C. The maximum atomic E-state index is 12.9. The van der Waals surface area contributed by atoms with Crippen LogP contribution in [0.1, 0.15) is 139 Å². The van der Waals surface area contributed by atoms with Crippen LogP contribution in [-0.4, -0.2) is 53.1 Å². The zero-order chi connectivity index (χ0) is 37.3. The molecule has 4 rings (SSSR count). The van der Waals surface area contributed by atoms with Gasteiger partial charge >= 0.3 is 5.97 Å². The van der Waals surface area contributed by atoms with Crippen molar-refractivity contribution in [3.63, 3.8) is 0 Å². The molecule has 50 heavy (non-hydrogen) atoms. The Bertz CT molecular complexity index is 1320. The molecule has 0 radical (unpaired) electrons. The summed E-state index contributed by atoms with van der Waals surface area (Å²) in [6, 6.07) is 0. The number of esters is 1. The lowest BCUT2D eigenvalue weighted by molar-refractivity contribution is -0.166. The van der Waals surface area contributed by atoms with Gasteiger partial charge in [-0.3, -0.25) is 0 Å². The molecule has 0 heterocycles. The minimum absolute atomic E-state index is 0.0159. The van der Waals surface area contributed by atoms with Crippen LogP contribution in [-0.2, 0) is 23.1 Å². The summed E-state index contributed by atoms with van der Waals surface area (Å²) in [4.78, 5) is 12.9. The lowest BCUT2D eigenvalue weighted by Crippen LogP contribution is -2.49. The first-order valence-corrected chi connectivity index (χ1v) is 25.8. The summed E-state index contributed by atoms with van der Waals surface area (Å²) in [5.74, 6) is 0.221. The zero-order valence-corrected chi connectivity index (χ0v) is 36.5. The first-order valence-electron chi connectivity index (χ1n) is 20.0. The second kappa shape index (κ2) is 15.6. The average molecular weight is 727 g/mol. The van der Waals surface area contributed by atoms with Crippen molar-refractivity contribution >= 4 is 22.6 Å². The molecule has 0 saturated heterocycles. The van der Waals surface area contributed by atoms with Crippen LogP contribution in [0.5, 0.6) is 0 Å². The smallest absolute Gasteiger partial charge is 0.332 e. The summed E-state index contributed by atoms with van der Waals surface area (Å²) in [6.07, 6.45) is 20.0. The molecule has 4 aliphatic rings. The Labute approximate surface area is 309 Å². The molecular weight excluding hydrogens is 653 g/mol. The summed E-state index contributed by atoms with van der Waals surface area (Å²) in [5.41, 5.74) is 4.97. The van der Waals surface area contributed by atoms with Crippen LogP contribution < -0.4 is 0 Å². The molecule has 0 spiro atoms. The van der Waals surface area contributed by atoms with Gasteiger partial charge in [0.15, 0.2) is 16.6 Å². The van der Waals surface area contributed by atoms with Crippen molar-refractivity contribution in [2.45, 2.75) is 200 Å². The van der Waals surface area contributed by atoms with Gasteiger partial charge in [-0.1, -0.05) is 91.7 Å². The van der Waals surface area contributed by atoms with E-state index in [1.807, 2.05) is 0 Å². The Hall–Kier alpha value is -1.26. The fourth-order valence-corrected chi connectivity index (χ4v) is 11.1. The Morgan fingerprint density at radius 3 is 2.12 bits per heavy atom. The summed E-state index contributed by atoms with van der Waals surface area (Å²) >= 11 is 0. The van der Waals surface area contributed by atoms with E-state index in [0.29, 0.717) is 5.92 Å². The number of rotatable bonds is 10. The van der Waals surface area contributed by atoms with E-state index in [1.54, 1.807) is 0 Å². The second-order valence-electron chi connectivity index (χ2n) is 19.8. The first kappa shape index (κ1) is 41.5. The van der Waals surface area contributed by atoms with E-state index < -0.39 is 16.6 Å². The number of hydrogen-bond acceptors (Lipinski definition) is 5. The maximum absolute atomic E-state index is 12.9. The number of carbonyl (C=O) groups excluding carboxylic acids is 1. The predicted molar refractivity (Wildman–Crippen MR) is 214 cm³/mol. The molecule has 3 fully saturated rings. The molecule has 0 amide bonds. The molecule has 0 aromatic heterocycles. The highest BCUT2D eigenvalue weighted by Gasteiger charge is 2.47. The van der Waals surface area contributed by atoms with Gasteiger partial charge in [0, 0.05) is 6.42 Å². The van der Waals surface area contributed by atoms with Gasteiger partial charge in [0.2, 0.25) is 0 Å². The van der Waals surface area contributed by atoms with E-state index >= 15 is 0 Å². The van der Waals surface area contributed by atoms with Crippen molar-refractivity contribution < 1.29 is 23.1 Å². The lowest BCUT2D eigenvalue weighted by Gasteiger charge is -2.45. The quantitative estimate of drug-likeness (QED) is 0.0971. The van der Waals surface area contributed by atoms with Gasteiger partial charge in [-0.05, 0) is 136 Å². The topological polar surface area (TPSA) is 54.0 Å². The standard InChI is InChI=1S/C43H74O5Si2/c1-31-34(28-35(47-49(11,12)40(3,4)5)29-38(31)48-50(13,14)41(6,7)8)22-21-33-20-19-27-43(10)36(23-24-37(33)43)32(2)45-30-39(44)46-42(9)25-17-15-16-18-26-42/h21-23,32,35,37-38H,1,15-20,24-30H2,2-14H3/b33-21+,34-22-/t32?,35-,37+,38+,43-/m1/s1. The van der Waals surface area contributed by atoms with Crippen molar-refractivity contribution in [3.8, 4) is 0 Å². The summed E-state index contributed by atoms with van der Waals surface area (Å²) in [7, 11) is -3.98. The van der Waals surface area contributed by atoms with E-state index in [2.05, 4.69) is 113 Å². The van der Waals surface area contributed by atoms with Crippen LogP contribution in [0.4, 0.5) is 0 Å². The molecule has 7 heteroatoms. The minimum Gasteiger partial charge on any atom is -0.458 e. The van der Waals surface area contributed by atoms with Crippen LogP contribution in [0, 0.1) is 11.3 Å². The molecule has 0 bridgehead atoms. The minimum atomic E-state index is -2.02. The van der Waals surface area contributed by atoms with E-state index in [9.17, 15) is 4.79 Å². The van der Waals surface area contributed by atoms with E-state index in [1.165, 1.54) is 29.6 Å². The third kappa shape index (κ3) is 9.64. The van der Waals surface area contributed by atoms with E-state index in [0.717, 1.165) is 69.8 Å². The van der Waals surface area contributed by atoms with Crippen molar-refractivity contribution in [1.29, 1.82) is 0 Å². The molecule has 1 unspecified atom stereocenters.